The molecule has 2 aromatic carbocycles. The second kappa shape index (κ2) is 7.07. The van der Waals surface area contributed by atoms with Gasteiger partial charge in [0.25, 0.3) is 0 Å². The van der Waals surface area contributed by atoms with E-state index in [0.717, 1.165) is 33.3 Å². The van der Waals surface area contributed by atoms with Gasteiger partial charge in [-0.1, -0.05) is 42.5 Å². The van der Waals surface area contributed by atoms with Gasteiger partial charge in [-0.25, -0.2) is 9.97 Å². The smallest absolute Gasteiger partial charge is 0.305 e. The number of aromatic nitrogens is 3. The highest BCUT2D eigenvalue weighted by molar-refractivity contribution is 6.11. The van der Waals surface area contributed by atoms with E-state index < -0.39 is 5.97 Å². The van der Waals surface area contributed by atoms with Crippen molar-refractivity contribution >= 4 is 33.7 Å². The molecule has 0 aliphatic heterocycles. The third kappa shape index (κ3) is 3.33. The molecule has 0 amide bonds. The van der Waals surface area contributed by atoms with Crippen LogP contribution in [0.5, 0.6) is 0 Å². The van der Waals surface area contributed by atoms with Crippen LogP contribution in [0.3, 0.4) is 0 Å². The molecule has 2 heterocycles. The van der Waals surface area contributed by atoms with Crippen LogP contribution in [0.2, 0.25) is 0 Å². The summed E-state index contributed by atoms with van der Waals surface area (Å²) in [6, 6.07) is 16.1. The summed E-state index contributed by atoms with van der Waals surface area (Å²) < 4.78 is 0. The summed E-state index contributed by atoms with van der Waals surface area (Å²) in [4.78, 5) is 25.5. The number of aryl methyl sites for hydroxylation is 1. The van der Waals surface area contributed by atoms with Crippen molar-refractivity contribution in [2.75, 3.05) is 11.4 Å². The molecule has 0 saturated heterocycles. The molecule has 2 aromatic heterocycles. The lowest BCUT2D eigenvalue weighted by atomic mass is 10.1. The number of aliphatic carboxylic acids is 1. The lowest BCUT2D eigenvalue weighted by Crippen LogP contribution is -2.27. The summed E-state index contributed by atoms with van der Waals surface area (Å²) in [6.45, 7) is 3.02. The minimum absolute atomic E-state index is 0.0414. The Bertz CT molecular complexity index is 1120. The first-order valence-electron chi connectivity index (χ1n) is 8.86. The maximum absolute atomic E-state index is 11.2. The Morgan fingerprint density at radius 3 is 2.70 bits per heavy atom. The molecule has 0 atom stereocenters. The zero-order valence-electron chi connectivity index (χ0n) is 15.0. The Hall–Kier alpha value is -3.41. The highest BCUT2D eigenvalue weighted by atomic mass is 16.4. The van der Waals surface area contributed by atoms with E-state index in [9.17, 15) is 9.90 Å². The number of nitrogens with zero attached hydrogens (tertiary/aromatic N) is 3. The third-order valence-electron chi connectivity index (χ3n) is 4.79. The zero-order valence-corrected chi connectivity index (χ0v) is 15.0. The Labute approximate surface area is 156 Å². The van der Waals surface area contributed by atoms with Crippen molar-refractivity contribution < 1.29 is 9.90 Å². The topological polar surface area (TPSA) is 82.1 Å². The molecule has 0 radical (unpaired) electrons. The number of hydrogen-bond acceptors (Lipinski definition) is 4. The molecule has 0 bridgehead atoms. The molecule has 6 heteroatoms. The van der Waals surface area contributed by atoms with Gasteiger partial charge < -0.3 is 15.0 Å². The molecule has 0 aliphatic carbocycles. The Morgan fingerprint density at radius 2 is 1.89 bits per heavy atom. The first-order chi connectivity index (χ1) is 13.1. The summed E-state index contributed by atoms with van der Waals surface area (Å²) >= 11 is 0. The number of carboxylic acid groups (broad SMARTS) is 1. The van der Waals surface area contributed by atoms with Gasteiger partial charge in [0, 0.05) is 24.0 Å². The summed E-state index contributed by atoms with van der Waals surface area (Å²) in [5, 5.41) is 11.2. The molecule has 27 heavy (non-hydrogen) atoms. The summed E-state index contributed by atoms with van der Waals surface area (Å²) in [5.74, 6) is -0.0732. The van der Waals surface area contributed by atoms with Crippen LogP contribution in [-0.4, -0.2) is 32.6 Å². The number of H-pyrrole nitrogens is 1. The van der Waals surface area contributed by atoms with Gasteiger partial charge >= 0.3 is 5.97 Å². The molecule has 2 N–H and O–H groups in total. The highest BCUT2D eigenvalue weighted by Crippen LogP contribution is 2.31. The number of benzene rings is 2. The maximum atomic E-state index is 11.2. The molecule has 0 fully saturated rings. The Morgan fingerprint density at radius 1 is 1.11 bits per heavy atom. The first kappa shape index (κ1) is 17.0. The van der Waals surface area contributed by atoms with Crippen LogP contribution in [0, 0.1) is 6.92 Å². The highest BCUT2D eigenvalue weighted by Gasteiger charge is 2.18. The van der Waals surface area contributed by atoms with Crippen molar-refractivity contribution in [2.24, 2.45) is 0 Å². The van der Waals surface area contributed by atoms with E-state index in [1.807, 2.05) is 41.3 Å². The van der Waals surface area contributed by atoms with Crippen LogP contribution in [-0.2, 0) is 11.3 Å². The fourth-order valence-corrected chi connectivity index (χ4v) is 3.38. The fraction of sp³-hybridized carbons (Fsp3) is 0.190. The van der Waals surface area contributed by atoms with Crippen molar-refractivity contribution in [2.45, 2.75) is 19.9 Å². The number of hydrogen-bond donors (Lipinski definition) is 2. The molecule has 0 aliphatic rings. The summed E-state index contributed by atoms with van der Waals surface area (Å²) in [7, 11) is 0. The van der Waals surface area contributed by atoms with Gasteiger partial charge in [-0.05, 0) is 24.1 Å². The number of para-hydroxylation sites is 1. The quantitative estimate of drug-likeness (QED) is 0.545. The minimum atomic E-state index is -0.825. The Balaban J connectivity index is 1.84. The van der Waals surface area contributed by atoms with Crippen LogP contribution >= 0.6 is 0 Å². The van der Waals surface area contributed by atoms with Crippen LogP contribution in [0.4, 0.5) is 5.82 Å². The van der Waals surface area contributed by atoms with Crippen LogP contribution in [0.25, 0.3) is 21.9 Å². The van der Waals surface area contributed by atoms with Gasteiger partial charge in [0.05, 0.1) is 11.8 Å². The second-order valence-electron chi connectivity index (χ2n) is 6.58. The van der Waals surface area contributed by atoms with Crippen LogP contribution < -0.4 is 4.90 Å². The number of anilines is 1. The molecule has 4 aromatic rings. The van der Waals surface area contributed by atoms with E-state index in [0.29, 0.717) is 13.1 Å². The van der Waals surface area contributed by atoms with Gasteiger partial charge in [-0.15, -0.1) is 0 Å². The van der Waals surface area contributed by atoms with E-state index in [1.54, 1.807) is 0 Å². The predicted molar refractivity (Wildman–Crippen MR) is 106 cm³/mol. The minimum Gasteiger partial charge on any atom is -0.481 e. The third-order valence-corrected chi connectivity index (χ3v) is 4.79. The Kier molecular flexibility index (Phi) is 4.46. The van der Waals surface area contributed by atoms with E-state index >= 15 is 0 Å². The molecular formula is C21H20N4O2. The SMILES string of the molecule is Cc1ccccc1CN(CCC(=O)O)c1ncnc2[nH]c3ccccc3c12. The largest absolute Gasteiger partial charge is 0.481 e. The van der Waals surface area contributed by atoms with Crippen LogP contribution in [0.1, 0.15) is 17.5 Å². The van der Waals surface area contributed by atoms with E-state index in [-0.39, 0.29) is 6.42 Å². The summed E-state index contributed by atoms with van der Waals surface area (Å²) in [6.07, 6.45) is 1.57. The van der Waals surface area contributed by atoms with Gasteiger partial charge in [-0.3, -0.25) is 4.79 Å². The maximum Gasteiger partial charge on any atom is 0.305 e. The molecule has 0 saturated carbocycles. The number of fused-ring (bicyclic) bond motifs is 3. The lowest BCUT2D eigenvalue weighted by molar-refractivity contribution is -0.136. The second-order valence-corrected chi connectivity index (χ2v) is 6.58. The van der Waals surface area contributed by atoms with Gasteiger partial charge in [0.2, 0.25) is 0 Å². The van der Waals surface area contributed by atoms with Gasteiger partial charge in [0.15, 0.2) is 0 Å². The van der Waals surface area contributed by atoms with Crippen molar-refractivity contribution in [3.63, 3.8) is 0 Å². The average molecular weight is 360 g/mol. The number of rotatable bonds is 6. The predicted octanol–water partition coefficient (Wildman–Crippen LogP) is 3.90. The normalized spacial score (nSPS) is 11.1. The van der Waals surface area contributed by atoms with Crippen molar-refractivity contribution in [1.82, 2.24) is 15.0 Å². The fourth-order valence-electron chi connectivity index (χ4n) is 3.38. The lowest BCUT2D eigenvalue weighted by Gasteiger charge is -2.24. The number of carboxylic acids is 1. The van der Waals surface area contributed by atoms with Gasteiger partial charge in [0.1, 0.15) is 17.8 Å². The van der Waals surface area contributed by atoms with Crippen LogP contribution in [0.15, 0.2) is 54.9 Å². The van der Waals surface area contributed by atoms with Crippen molar-refractivity contribution in [3.8, 4) is 0 Å². The van der Waals surface area contributed by atoms with E-state index in [4.69, 9.17) is 0 Å². The van der Waals surface area contributed by atoms with Gasteiger partial charge in [-0.2, -0.15) is 0 Å². The molecular weight excluding hydrogens is 340 g/mol. The van der Waals surface area contributed by atoms with E-state index in [2.05, 4.69) is 34.0 Å². The zero-order chi connectivity index (χ0) is 18.8. The number of aromatic amines is 1. The molecule has 6 nitrogen and oxygen atoms in total. The monoisotopic (exact) mass is 360 g/mol. The number of carbonyl (C=O) groups is 1. The summed E-state index contributed by atoms with van der Waals surface area (Å²) in [5.41, 5.74) is 4.06. The molecule has 0 unspecified atom stereocenters. The first-order valence-corrected chi connectivity index (χ1v) is 8.86. The molecule has 0 spiro atoms. The molecule has 136 valence electrons. The molecule has 4 rings (SSSR count). The number of nitrogens with one attached hydrogen (secondary N) is 1. The van der Waals surface area contributed by atoms with Crippen molar-refractivity contribution in [3.05, 3.63) is 66.0 Å². The average Bonchev–Trinajstić information content (AvgIpc) is 3.05. The standard InChI is InChI=1S/C21H20N4O2/c1-14-6-2-3-7-15(14)12-25(11-10-18(26)27)21-19-16-8-4-5-9-17(16)24-20(19)22-13-23-21/h2-9,13H,10-12H2,1H3,(H,26,27)(H,22,23,24). The van der Waals surface area contributed by atoms with E-state index in [1.165, 1.54) is 11.9 Å². The van der Waals surface area contributed by atoms with Crippen molar-refractivity contribution in [1.29, 1.82) is 0 Å².